The van der Waals surface area contributed by atoms with Gasteiger partial charge in [-0.05, 0) is 42.3 Å². The van der Waals surface area contributed by atoms with E-state index in [-0.39, 0.29) is 56.0 Å². The molecule has 2 aliphatic rings. The normalized spacial score (nSPS) is 16.1. The summed E-state index contributed by atoms with van der Waals surface area (Å²) in [5.41, 5.74) is 2.48. The van der Waals surface area contributed by atoms with Crippen molar-refractivity contribution in [1.82, 2.24) is 20.0 Å². The molecule has 3 heterocycles. The van der Waals surface area contributed by atoms with Crippen LogP contribution in [-0.2, 0) is 25.6 Å². The number of hydrogen-bond acceptors (Lipinski definition) is 9. The number of rotatable bonds is 11. The monoisotopic (exact) mass is 663 g/mol. The number of imide groups is 2. The second-order valence-corrected chi connectivity index (χ2v) is 11.5. The maximum atomic E-state index is 13.2. The summed E-state index contributed by atoms with van der Waals surface area (Å²) in [6, 6.07) is 16.3. The van der Waals surface area contributed by atoms with Gasteiger partial charge >= 0.3 is 5.97 Å². The van der Waals surface area contributed by atoms with Gasteiger partial charge < -0.3 is 14.8 Å². The van der Waals surface area contributed by atoms with Crippen LogP contribution in [0.3, 0.4) is 0 Å². The van der Waals surface area contributed by atoms with Gasteiger partial charge in [0, 0.05) is 34.1 Å². The lowest BCUT2D eigenvalue weighted by Gasteiger charge is -2.27. The first-order valence-electron chi connectivity index (χ1n) is 14.5. The highest BCUT2D eigenvalue weighted by Gasteiger charge is 2.45. The fourth-order valence-corrected chi connectivity index (χ4v) is 5.96. The van der Waals surface area contributed by atoms with Gasteiger partial charge in [0.05, 0.1) is 36.4 Å². The van der Waals surface area contributed by atoms with E-state index in [1.807, 2.05) is 24.3 Å². The molecular formula is C32H27Cl2N5O7. The highest BCUT2D eigenvalue weighted by atomic mass is 35.5. The third-order valence-electron chi connectivity index (χ3n) is 7.68. The van der Waals surface area contributed by atoms with Crippen molar-refractivity contribution >= 4 is 69.4 Å². The number of carbonyl (C=O) groups excluding carboxylic acids is 5. The van der Waals surface area contributed by atoms with Gasteiger partial charge in [-0.15, -0.1) is 0 Å². The molecule has 0 radical (unpaired) electrons. The lowest BCUT2D eigenvalue weighted by atomic mass is 10.0. The Labute approximate surface area is 272 Å². The highest BCUT2D eigenvalue weighted by Crippen LogP contribution is 2.32. The highest BCUT2D eigenvalue weighted by molar-refractivity contribution is 6.35. The van der Waals surface area contributed by atoms with Crippen LogP contribution in [0.1, 0.15) is 49.6 Å². The van der Waals surface area contributed by atoms with Crippen LogP contribution in [0.2, 0.25) is 10.0 Å². The fraction of sp³-hybridized carbons (Fsp3) is 0.250. The number of para-hydroxylation sites is 1. The largest absolute Gasteiger partial charge is 0.458 e. The van der Waals surface area contributed by atoms with Crippen LogP contribution in [0, 0.1) is 0 Å². The lowest BCUT2D eigenvalue weighted by Crippen LogP contribution is -2.54. The van der Waals surface area contributed by atoms with Gasteiger partial charge in [-0.25, -0.2) is 4.79 Å². The van der Waals surface area contributed by atoms with Crippen molar-refractivity contribution in [3.05, 3.63) is 93.1 Å². The quantitative estimate of drug-likeness (QED) is 0.138. The molecule has 236 valence electrons. The van der Waals surface area contributed by atoms with Gasteiger partial charge in [0.2, 0.25) is 11.8 Å². The fourth-order valence-electron chi connectivity index (χ4n) is 5.49. The Morgan fingerprint density at radius 2 is 1.80 bits per heavy atom. The molecule has 46 heavy (non-hydrogen) atoms. The molecule has 4 aromatic rings. The maximum Gasteiger partial charge on any atom is 0.359 e. The van der Waals surface area contributed by atoms with Crippen molar-refractivity contribution in [3.8, 4) is 0 Å². The second kappa shape index (κ2) is 13.3. The van der Waals surface area contributed by atoms with Crippen molar-refractivity contribution in [3.63, 3.8) is 0 Å². The van der Waals surface area contributed by atoms with Gasteiger partial charge in [-0.2, -0.15) is 5.10 Å². The van der Waals surface area contributed by atoms with Crippen molar-refractivity contribution in [2.45, 2.75) is 25.4 Å². The molecule has 14 heteroatoms. The van der Waals surface area contributed by atoms with Crippen LogP contribution >= 0.6 is 23.2 Å². The van der Waals surface area contributed by atoms with E-state index in [1.54, 1.807) is 35.0 Å². The molecule has 1 fully saturated rings. The SMILES string of the molecule is O=C1CCC(N2C(=O)c3cccc(NCCOCCOC(=O)c4nn(Cc5ccc(Cl)cc5Cl)c5ccccc45)c3C2=O)C(=O)N1. The van der Waals surface area contributed by atoms with E-state index in [9.17, 15) is 24.0 Å². The Hall–Kier alpha value is -4.78. The predicted octanol–water partition coefficient (Wildman–Crippen LogP) is 4.08. The van der Waals surface area contributed by atoms with Crippen LogP contribution < -0.4 is 10.6 Å². The smallest absolute Gasteiger partial charge is 0.359 e. The summed E-state index contributed by atoms with van der Waals surface area (Å²) in [6.07, 6.45) is 0.120. The number of amides is 4. The van der Waals surface area contributed by atoms with E-state index in [2.05, 4.69) is 15.7 Å². The maximum absolute atomic E-state index is 13.2. The zero-order valence-corrected chi connectivity index (χ0v) is 25.8. The summed E-state index contributed by atoms with van der Waals surface area (Å²) in [5, 5.41) is 11.4. The van der Waals surface area contributed by atoms with Crippen LogP contribution in [0.15, 0.2) is 60.7 Å². The molecule has 1 aromatic heterocycles. The second-order valence-electron chi connectivity index (χ2n) is 10.6. The number of aromatic nitrogens is 2. The van der Waals surface area contributed by atoms with Gasteiger partial charge in [0.25, 0.3) is 11.8 Å². The third kappa shape index (κ3) is 6.19. The van der Waals surface area contributed by atoms with Gasteiger partial charge in [0.1, 0.15) is 12.6 Å². The Morgan fingerprint density at radius 3 is 2.61 bits per heavy atom. The van der Waals surface area contributed by atoms with E-state index in [0.717, 1.165) is 16.0 Å². The minimum absolute atomic E-state index is 0.0162. The van der Waals surface area contributed by atoms with E-state index >= 15 is 0 Å². The van der Waals surface area contributed by atoms with Crippen LogP contribution in [-0.4, -0.2) is 76.7 Å². The summed E-state index contributed by atoms with van der Waals surface area (Å²) in [6.45, 7) is 0.920. The summed E-state index contributed by atoms with van der Waals surface area (Å²) in [4.78, 5) is 63.9. The Bertz CT molecular complexity index is 1890. The van der Waals surface area contributed by atoms with Crippen LogP contribution in [0.5, 0.6) is 0 Å². The van der Waals surface area contributed by atoms with Crippen LogP contribution in [0.4, 0.5) is 5.69 Å². The topological polar surface area (TPSA) is 149 Å². The van der Waals surface area contributed by atoms with E-state index < -0.39 is 35.6 Å². The van der Waals surface area contributed by atoms with Crippen molar-refractivity contribution in [1.29, 1.82) is 0 Å². The molecule has 1 atom stereocenters. The molecule has 6 rings (SSSR count). The minimum atomic E-state index is -1.04. The zero-order chi connectivity index (χ0) is 32.4. The number of halogens is 2. The van der Waals surface area contributed by atoms with Gasteiger partial charge in [-0.3, -0.25) is 34.1 Å². The first-order chi connectivity index (χ1) is 22.2. The molecule has 1 unspecified atom stereocenters. The Balaban J connectivity index is 1.00. The number of nitrogens with zero attached hydrogens (tertiary/aromatic N) is 3. The van der Waals surface area contributed by atoms with E-state index in [1.165, 1.54) is 6.07 Å². The summed E-state index contributed by atoms with van der Waals surface area (Å²) >= 11 is 12.4. The van der Waals surface area contributed by atoms with Gasteiger partial charge in [-0.1, -0.05) is 53.5 Å². The average molecular weight is 665 g/mol. The summed E-state index contributed by atoms with van der Waals surface area (Å²) < 4.78 is 12.7. The standard InChI is InChI=1S/C32H27Cl2N5O7/c33-19-9-8-18(22(34)16-19)17-38-24-7-2-1-4-20(24)28(37-38)32(44)46-15-14-45-13-12-35-23-6-3-5-21-27(23)31(43)39(30(21)42)25-10-11-26(40)36-29(25)41/h1-9,16,25,35H,10-15,17H2,(H,36,40,41). The molecule has 1 saturated heterocycles. The van der Waals surface area contributed by atoms with Gasteiger partial charge in [0.15, 0.2) is 5.69 Å². The molecule has 4 amide bonds. The number of fused-ring (bicyclic) bond motifs is 2. The van der Waals surface area contributed by atoms with Crippen molar-refractivity contribution in [2.24, 2.45) is 0 Å². The first kappa shape index (κ1) is 31.2. The predicted molar refractivity (Wildman–Crippen MR) is 168 cm³/mol. The van der Waals surface area contributed by atoms with E-state index in [4.69, 9.17) is 32.7 Å². The molecule has 12 nitrogen and oxygen atoms in total. The minimum Gasteiger partial charge on any atom is -0.458 e. The number of anilines is 1. The summed E-state index contributed by atoms with van der Waals surface area (Å²) in [7, 11) is 0. The molecule has 2 N–H and O–H groups in total. The first-order valence-corrected chi connectivity index (χ1v) is 15.2. The van der Waals surface area contributed by atoms with Crippen molar-refractivity contribution in [2.75, 3.05) is 31.7 Å². The molecule has 0 bridgehead atoms. The van der Waals surface area contributed by atoms with E-state index in [0.29, 0.717) is 27.7 Å². The van der Waals surface area contributed by atoms with Crippen molar-refractivity contribution < 1.29 is 33.4 Å². The molecule has 3 aromatic carbocycles. The number of hydrogen-bond donors (Lipinski definition) is 2. The number of nitrogens with one attached hydrogen (secondary N) is 2. The number of esters is 1. The molecular weight excluding hydrogens is 637 g/mol. The number of piperidine rings is 1. The molecule has 0 spiro atoms. The summed E-state index contributed by atoms with van der Waals surface area (Å²) in [5.74, 6) is -2.88. The molecule has 2 aliphatic heterocycles. The number of benzene rings is 3. The molecule has 0 aliphatic carbocycles. The Morgan fingerprint density at radius 1 is 0.978 bits per heavy atom. The number of carbonyl (C=O) groups is 5. The lowest BCUT2D eigenvalue weighted by molar-refractivity contribution is -0.136. The average Bonchev–Trinajstić information content (AvgIpc) is 3.53. The number of ether oxygens (including phenoxy) is 2. The third-order valence-corrected chi connectivity index (χ3v) is 8.26. The Kier molecular flexibility index (Phi) is 9.02. The molecule has 0 saturated carbocycles. The van der Waals surface area contributed by atoms with Crippen LogP contribution in [0.25, 0.3) is 10.9 Å². The zero-order valence-electron chi connectivity index (χ0n) is 24.3.